The van der Waals surface area contributed by atoms with E-state index in [9.17, 15) is 4.39 Å². The second kappa shape index (κ2) is 2.20. The zero-order chi connectivity index (χ0) is 7.84. The molecule has 0 unspecified atom stereocenters. The summed E-state index contributed by atoms with van der Waals surface area (Å²) >= 11 is 5.64. The Kier molecular flexibility index (Phi) is 1.32. The van der Waals surface area contributed by atoms with Gasteiger partial charge in [-0.15, -0.1) is 5.10 Å². The number of hydrogen-bond acceptors (Lipinski definition) is 1. The van der Waals surface area contributed by atoms with Crippen molar-refractivity contribution in [3.05, 3.63) is 35.4 Å². The van der Waals surface area contributed by atoms with Crippen LogP contribution in [0.3, 0.4) is 0 Å². The third-order valence-electron chi connectivity index (χ3n) is 1.39. The van der Waals surface area contributed by atoms with Gasteiger partial charge in [0.05, 0.1) is 10.5 Å². The van der Waals surface area contributed by atoms with Gasteiger partial charge in [-0.25, -0.2) is 4.52 Å². The van der Waals surface area contributed by atoms with Crippen LogP contribution >= 0.6 is 11.6 Å². The maximum Gasteiger partial charge on any atom is 0.233 e. The highest BCUT2D eigenvalue weighted by molar-refractivity contribution is 6.30. The second-order valence-electron chi connectivity index (χ2n) is 2.18. The average molecular weight is 171 g/mol. The highest BCUT2D eigenvalue weighted by atomic mass is 35.5. The Bertz CT molecular complexity index is 396. The summed E-state index contributed by atoms with van der Waals surface area (Å²) in [4.78, 5) is 0. The van der Waals surface area contributed by atoms with Crippen molar-refractivity contribution >= 4 is 17.1 Å². The average Bonchev–Trinajstić information content (AvgIpc) is 2.27. The number of halogens is 2. The maximum absolute atomic E-state index is 12.5. The van der Waals surface area contributed by atoms with E-state index >= 15 is 0 Å². The zero-order valence-corrected chi connectivity index (χ0v) is 6.22. The summed E-state index contributed by atoms with van der Waals surface area (Å²) in [5, 5.41) is 4.08. The van der Waals surface area contributed by atoms with E-state index in [-0.39, 0.29) is 0 Å². The molecule has 0 aliphatic carbocycles. The molecule has 0 N–H and O–H groups in total. The molecular formula is C7H4ClFN2. The fraction of sp³-hybridized carbons (Fsp3) is 0. The van der Waals surface area contributed by atoms with Crippen LogP contribution < -0.4 is 0 Å². The minimum absolute atomic E-state index is 0.493. The Morgan fingerprint density at radius 2 is 2.27 bits per heavy atom. The number of hydrogen-bond donors (Lipinski definition) is 0. The Morgan fingerprint density at radius 1 is 1.45 bits per heavy atom. The highest BCUT2D eigenvalue weighted by Crippen LogP contribution is 2.11. The predicted octanol–water partition coefficient (Wildman–Crippen LogP) is 2.13. The van der Waals surface area contributed by atoms with Gasteiger partial charge in [0.1, 0.15) is 0 Å². The molecule has 2 heterocycles. The minimum Gasteiger partial charge on any atom is -0.237 e. The summed E-state index contributed by atoms with van der Waals surface area (Å²) in [5.41, 5.74) is 0.701. The van der Waals surface area contributed by atoms with Gasteiger partial charge in [-0.05, 0) is 12.1 Å². The smallest absolute Gasteiger partial charge is 0.233 e. The lowest BCUT2D eigenvalue weighted by Gasteiger charge is -1.90. The molecule has 11 heavy (non-hydrogen) atoms. The van der Waals surface area contributed by atoms with Gasteiger partial charge in [-0.2, -0.15) is 4.39 Å². The topological polar surface area (TPSA) is 17.3 Å². The van der Waals surface area contributed by atoms with E-state index < -0.39 is 5.95 Å². The van der Waals surface area contributed by atoms with Gasteiger partial charge in [-0.3, -0.25) is 0 Å². The number of nitrogens with zero attached hydrogens (tertiary/aromatic N) is 2. The van der Waals surface area contributed by atoms with Crippen molar-refractivity contribution in [1.82, 2.24) is 9.61 Å². The molecule has 0 atom stereocenters. The van der Waals surface area contributed by atoms with Crippen molar-refractivity contribution in [2.24, 2.45) is 0 Å². The predicted molar refractivity (Wildman–Crippen MR) is 40.2 cm³/mol. The van der Waals surface area contributed by atoms with Crippen LogP contribution in [0.4, 0.5) is 4.39 Å². The van der Waals surface area contributed by atoms with Crippen molar-refractivity contribution < 1.29 is 4.39 Å². The molecule has 0 saturated carbocycles. The van der Waals surface area contributed by atoms with E-state index in [0.717, 1.165) is 0 Å². The largest absolute Gasteiger partial charge is 0.237 e. The van der Waals surface area contributed by atoms with Crippen LogP contribution in [-0.4, -0.2) is 9.61 Å². The third kappa shape index (κ3) is 1.07. The number of pyridine rings is 1. The first kappa shape index (κ1) is 6.61. The normalized spacial score (nSPS) is 10.7. The van der Waals surface area contributed by atoms with Gasteiger partial charge in [0.25, 0.3) is 0 Å². The molecule has 0 radical (unpaired) electrons. The van der Waals surface area contributed by atoms with Crippen LogP contribution in [0.2, 0.25) is 5.02 Å². The molecule has 0 bridgehead atoms. The van der Waals surface area contributed by atoms with Gasteiger partial charge in [0.2, 0.25) is 5.95 Å². The molecule has 4 heteroatoms. The Hall–Kier alpha value is -1.09. The summed E-state index contributed by atoms with van der Waals surface area (Å²) in [5.74, 6) is -0.493. The van der Waals surface area contributed by atoms with Crippen LogP contribution in [-0.2, 0) is 0 Å². The molecule has 0 amide bonds. The Balaban J connectivity index is 2.82. The first-order valence-corrected chi connectivity index (χ1v) is 3.44. The minimum atomic E-state index is -0.493. The molecule has 0 spiro atoms. The quantitative estimate of drug-likeness (QED) is 0.592. The summed E-state index contributed by atoms with van der Waals surface area (Å²) in [6.45, 7) is 0. The van der Waals surface area contributed by atoms with Gasteiger partial charge in [0, 0.05) is 12.3 Å². The summed E-state index contributed by atoms with van der Waals surface area (Å²) in [7, 11) is 0. The van der Waals surface area contributed by atoms with E-state index in [2.05, 4.69) is 5.10 Å². The first-order valence-electron chi connectivity index (χ1n) is 3.06. The van der Waals surface area contributed by atoms with Crippen molar-refractivity contribution in [1.29, 1.82) is 0 Å². The van der Waals surface area contributed by atoms with E-state index in [4.69, 9.17) is 11.6 Å². The van der Waals surface area contributed by atoms with Crippen LogP contribution in [0.15, 0.2) is 24.4 Å². The third-order valence-corrected chi connectivity index (χ3v) is 1.62. The molecule has 0 aromatic carbocycles. The number of aromatic nitrogens is 2. The fourth-order valence-electron chi connectivity index (χ4n) is 0.930. The van der Waals surface area contributed by atoms with Crippen LogP contribution in [0.1, 0.15) is 0 Å². The molecule has 0 aliphatic rings. The fourth-order valence-corrected chi connectivity index (χ4v) is 1.09. The lowest BCUT2D eigenvalue weighted by Crippen LogP contribution is -1.85. The standard InChI is InChI=1S/C7H4ClFN2/c8-5-1-2-6-3-7(9)10-11(6)4-5/h1-4H. The summed E-state index contributed by atoms with van der Waals surface area (Å²) < 4.78 is 13.9. The summed E-state index contributed by atoms with van der Waals surface area (Å²) in [6.07, 6.45) is 1.56. The molecule has 56 valence electrons. The van der Waals surface area contributed by atoms with Crippen molar-refractivity contribution in [3.63, 3.8) is 0 Å². The molecular weight excluding hydrogens is 167 g/mol. The van der Waals surface area contributed by atoms with Crippen molar-refractivity contribution in [3.8, 4) is 0 Å². The lowest BCUT2D eigenvalue weighted by atomic mass is 10.4. The molecule has 2 aromatic heterocycles. The lowest BCUT2D eigenvalue weighted by molar-refractivity contribution is 0.571. The zero-order valence-electron chi connectivity index (χ0n) is 5.46. The van der Waals surface area contributed by atoms with E-state index in [0.29, 0.717) is 10.5 Å². The monoisotopic (exact) mass is 170 g/mol. The van der Waals surface area contributed by atoms with Crippen molar-refractivity contribution in [2.75, 3.05) is 0 Å². The number of fused-ring (bicyclic) bond motifs is 1. The van der Waals surface area contributed by atoms with E-state index in [1.807, 2.05) is 0 Å². The van der Waals surface area contributed by atoms with Crippen LogP contribution in [0.5, 0.6) is 0 Å². The van der Waals surface area contributed by atoms with Gasteiger partial charge in [-0.1, -0.05) is 11.6 Å². The molecule has 2 nitrogen and oxygen atoms in total. The van der Waals surface area contributed by atoms with Crippen LogP contribution in [0, 0.1) is 5.95 Å². The van der Waals surface area contributed by atoms with Gasteiger partial charge < -0.3 is 0 Å². The Morgan fingerprint density at radius 3 is 3.09 bits per heavy atom. The van der Waals surface area contributed by atoms with Gasteiger partial charge >= 0.3 is 0 Å². The van der Waals surface area contributed by atoms with Gasteiger partial charge in [0.15, 0.2) is 0 Å². The molecule has 2 rings (SSSR count). The summed E-state index contributed by atoms with van der Waals surface area (Å²) in [6, 6.07) is 4.74. The van der Waals surface area contributed by atoms with Crippen LogP contribution in [0.25, 0.3) is 5.52 Å². The Labute approximate surface area is 67.2 Å². The first-order chi connectivity index (χ1) is 5.25. The van der Waals surface area contributed by atoms with E-state index in [1.54, 1.807) is 18.3 Å². The van der Waals surface area contributed by atoms with E-state index in [1.165, 1.54) is 10.6 Å². The maximum atomic E-state index is 12.5. The highest BCUT2D eigenvalue weighted by Gasteiger charge is 1.98. The van der Waals surface area contributed by atoms with Crippen molar-refractivity contribution in [2.45, 2.75) is 0 Å². The molecule has 0 fully saturated rings. The number of rotatable bonds is 0. The SMILES string of the molecule is Fc1cc2ccc(Cl)cn2n1. The second-order valence-corrected chi connectivity index (χ2v) is 2.62. The molecule has 0 aliphatic heterocycles. The molecule has 0 saturated heterocycles. The molecule has 2 aromatic rings.